The molecule has 1 rings (SSSR count). The average Bonchev–Trinajstić information content (AvgIpc) is 2.38. The van der Waals surface area contributed by atoms with Gasteiger partial charge in [-0.3, -0.25) is 0 Å². The monoisotopic (exact) mass is 159 g/mol. The van der Waals surface area contributed by atoms with E-state index in [-0.39, 0.29) is 5.41 Å². The molecule has 3 nitrogen and oxygen atoms in total. The Kier molecular flexibility index (Phi) is 2.23. The maximum atomic E-state index is 10.0. The zero-order chi connectivity index (χ0) is 8.54. The molecule has 0 aromatic carbocycles. The maximum Gasteiger partial charge on any atom is 0.0964 e. The van der Waals surface area contributed by atoms with Gasteiger partial charge in [0.1, 0.15) is 0 Å². The van der Waals surface area contributed by atoms with E-state index >= 15 is 0 Å². The molecule has 1 saturated heterocycles. The Morgan fingerprint density at radius 1 is 1.64 bits per heavy atom. The molecule has 1 fully saturated rings. The summed E-state index contributed by atoms with van der Waals surface area (Å²) < 4.78 is 5.14. The van der Waals surface area contributed by atoms with Crippen LogP contribution in [0.25, 0.3) is 0 Å². The molecule has 0 aliphatic carbocycles. The second kappa shape index (κ2) is 2.73. The Labute approximate surface area is 67.5 Å². The molecule has 1 aliphatic heterocycles. The van der Waals surface area contributed by atoms with E-state index in [0.29, 0.717) is 26.2 Å². The highest BCUT2D eigenvalue weighted by Crippen LogP contribution is 2.36. The van der Waals surface area contributed by atoms with Crippen molar-refractivity contribution < 1.29 is 9.84 Å². The van der Waals surface area contributed by atoms with Crippen LogP contribution in [0.4, 0.5) is 0 Å². The molecule has 0 amide bonds. The highest BCUT2D eigenvalue weighted by atomic mass is 16.5. The first-order valence-electron chi connectivity index (χ1n) is 4.02. The van der Waals surface area contributed by atoms with Crippen LogP contribution in [0.1, 0.15) is 20.3 Å². The third kappa shape index (κ3) is 1.41. The molecule has 0 bridgehead atoms. The lowest BCUT2D eigenvalue weighted by molar-refractivity contribution is -0.0648. The molecule has 0 spiro atoms. The van der Waals surface area contributed by atoms with Gasteiger partial charge in [-0.15, -0.1) is 0 Å². The minimum absolute atomic E-state index is 0.233. The molecule has 0 unspecified atom stereocenters. The molecule has 11 heavy (non-hydrogen) atoms. The maximum absolute atomic E-state index is 10.0. The molecule has 3 N–H and O–H groups in total. The van der Waals surface area contributed by atoms with E-state index in [1.165, 1.54) is 0 Å². The molecule has 1 heterocycles. The lowest BCUT2D eigenvalue weighted by Crippen LogP contribution is -2.49. The standard InChI is InChI=1S/C8H17NO2/c1-7(2,5-9)8(10)3-4-11-6-8/h10H,3-6,9H2,1-2H3/t8-/m0/s1. The minimum atomic E-state index is -0.707. The van der Waals surface area contributed by atoms with Crippen molar-refractivity contribution in [3.05, 3.63) is 0 Å². The van der Waals surface area contributed by atoms with Crippen LogP contribution in [0.3, 0.4) is 0 Å². The molecule has 0 saturated carbocycles. The number of nitrogens with two attached hydrogens (primary N) is 1. The van der Waals surface area contributed by atoms with Crippen LogP contribution in [-0.4, -0.2) is 30.5 Å². The lowest BCUT2D eigenvalue weighted by Gasteiger charge is -2.37. The van der Waals surface area contributed by atoms with E-state index in [1.54, 1.807) is 0 Å². The van der Waals surface area contributed by atoms with Gasteiger partial charge in [0.15, 0.2) is 0 Å². The molecule has 1 aliphatic rings. The van der Waals surface area contributed by atoms with Crippen molar-refractivity contribution in [1.82, 2.24) is 0 Å². The van der Waals surface area contributed by atoms with Gasteiger partial charge >= 0.3 is 0 Å². The normalized spacial score (nSPS) is 32.7. The SMILES string of the molecule is CC(C)(CN)[C@]1(O)CCOC1. The first kappa shape index (κ1) is 8.97. The van der Waals surface area contributed by atoms with E-state index < -0.39 is 5.60 Å². The van der Waals surface area contributed by atoms with Crippen molar-refractivity contribution >= 4 is 0 Å². The van der Waals surface area contributed by atoms with Gasteiger partial charge in [-0.25, -0.2) is 0 Å². The summed E-state index contributed by atoms with van der Waals surface area (Å²) in [7, 11) is 0. The van der Waals surface area contributed by atoms with Crippen molar-refractivity contribution in [3.63, 3.8) is 0 Å². The second-order valence-corrected chi connectivity index (χ2v) is 3.92. The largest absolute Gasteiger partial charge is 0.387 e. The Bertz CT molecular complexity index is 139. The number of rotatable bonds is 2. The summed E-state index contributed by atoms with van der Waals surface area (Å²) in [4.78, 5) is 0. The van der Waals surface area contributed by atoms with Gasteiger partial charge in [0, 0.05) is 25.0 Å². The van der Waals surface area contributed by atoms with Gasteiger partial charge in [-0.1, -0.05) is 13.8 Å². The van der Waals surface area contributed by atoms with Gasteiger partial charge in [0.25, 0.3) is 0 Å². The zero-order valence-electron chi connectivity index (χ0n) is 7.26. The Hall–Kier alpha value is -0.120. The van der Waals surface area contributed by atoms with Gasteiger partial charge < -0.3 is 15.6 Å². The molecular weight excluding hydrogens is 142 g/mol. The van der Waals surface area contributed by atoms with Crippen molar-refractivity contribution in [2.75, 3.05) is 19.8 Å². The summed E-state index contributed by atoms with van der Waals surface area (Å²) in [6, 6.07) is 0. The lowest BCUT2D eigenvalue weighted by atomic mass is 9.74. The predicted molar refractivity (Wildman–Crippen MR) is 43.2 cm³/mol. The summed E-state index contributed by atoms with van der Waals surface area (Å²) in [5, 5.41) is 10.0. The highest BCUT2D eigenvalue weighted by molar-refractivity contribution is 4.96. The molecule has 0 radical (unpaired) electrons. The van der Waals surface area contributed by atoms with Crippen LogP contribution in [0.15, 0.2) is 0 Å². The van der Waals surface area contributed by atoms with E-state index in [0.717, 1.165) is 0 Å². The predicted octanol–water partition coefficient (Wildman–Crippen LogP) is 0.123. The van der Waals surface area contributed by atoms with Crippen molar-refractivity contribution in [1.29, 1.82) is 0 Å². The Morgan fingerprint density at radius 2 is 2.27 bits per heavy atom. The smallest absolute Gasteiger partial charge is 0.0964 e. The van der Waals surface area contributed by atoms with Crippen LogP contribution >= 0.6 is 0 Å². The zero-order valence-corrected chi connectivity index (χ0v) is 7.26. The fraction of sp³-hybridized carbons (Fsp3) is 1.00. The number of aliphatic hydroxyl groups is 1. The molecule has 66 valence electrons. The van der Waals surface area contributed by atoms with Crippen LogP contribution in [0.5, 0.6) is 0 Å². The third-order valence-corrected chi connectivity index (χ3v) is 2.77. The van der Waals surface area contributed by atoms with Crippen LogP contribution in [-0.2, 0) is 4.74 Å². The number of hydrogen-bond donors (Lipinski definition) is 2. The molecule has 0 aromatic heterocycles. The fourth-order valence-electron chi connectivity index (χ4n) is 1.28. The summed E-state index contributed by atoms with van der Waals surface area (Å²) in [6.07, 6.45) is 0.706. The van der Waals surface area contributed by atoms with Crippen molar-refractivity contribution in [2.24, 2.45) is 11.1 Å². The average molecular weight is 159 g/mol. The molecular formula is C8H17NO2. The first-order chi connectivity index (χ1) is 5.02. The van der Waals surface area contributed by atoms with Crippen LogP contribution in [0, 0.1) is 5.41 Å². The second-order valence-electron chi connectivity index (χ2n) is 3.92. The van der Waals surface area contributed by atoms with Crippen molar-refractivity contribution in [2.45, 2.75) is 25.9 Å². The number of hydrogen-bond acceptors (Lipinski definition) is 3. The highest BCUT2D eigenvalue weighted by Gasteiger charge is 2.45. The van der Waals surface area contributed by atoms with E-state index in [2.05, 4.69) is 0 Å². The fourth-order valence-corrected chi connectivity index (χ4v) is 1.28. The van der Waals surface area contributed by atoms with E-state index in [9.17, 15) is 5.11 Å². The van der Waals surface area contributed by atoms with Crippen molar-refractivity contribution in [3.8, 4) is 0 Å². The molecule has 3 heteroatoms. The molecule has 0 aromatic rings. The quantitative estimate of drug-likeness (QED) is 0.602. The van der Waals surface area contributed by atoms with Gasteiger partial charge in [0.2, 0.25) is 0 Å². The topological polar surface area (TPSA) is 55.5 Å². The summed E-state index contributed by atoms with van der Waals surface area (Å²) >= 11 is 0. The van der Waals surface area contributed by atoms with Crippen LogP contribution < -0.4 is 5.73 Å². The Morgan fingerprint density at radius 3 is 2.64 bits per heavy atom. The number of ether oxygens (including phenoxy) is 1. The van der Waals surface area contributed by atoms with E-state index in [1.807, 2.05) is 13.8 Å². The third-order valence-electron chi connectivity index (χ3n) is 2.77. The molecule has 1 atom stereocenters. The summed E-state index contributed by atoms with van der Waals surface area (Å²) in [5.74, 6) is 0. The van der Waals surface area contributed by atoms with E-state index in [4.69, 9.17) is 10.5 Å². The minimum Gasteiger partial charge on any atom is -0.387 e. The van der Waals surface area contributed by atoms with Gasteiger partial charge in [-0.05, 0) is 0 Å². The first-order valence-corrected chi connectivity index (χ1v) is 4.02. The van der Waals surface area contributed by atoms with Gasteiger partial charge in [0.05, 0.1) is 12.2 Å². The van der Waals surface area contributed by atoms with Gasteiger partial charge in [-0.2, -0.15) is 0 Å². The Balaban J connectivity index is 2.69. The summed E-state index contributed by atoms with van der Waals surface area (Å²) in [6.45, 7) is 5.52. The van der Waals surface area contributed by atoms with Crippen LogP contribution in [0.2, 0.25) is 0 Å². The summed E-state index contributed by atoms with van der Waals surface area (Å²) in [5.41, 5.74) is 4.62.